The summed E-state index contributed by atoms with van der Waals surface area (Å²) in [5, 5.41) is 24.1. The van der Waals surface area contributed by atoms with Gasteiger partial charge in [-0.1, -0.05) is 11.6 Å². The van der Waals surface area contributed by atoms with Gasteiger partial charge in [0, 0.05) is 18.4 Å². The number of hydrogen-bond donors (Lipinski definition) is 2. The Bertz CT molecular complexity index is 596. The molecular weight excluding hydrogens is 379 g/mol. The number of carbonyl (C=O) groups is 3. The van der Waals surface area contributed by atoms with Crippen LogP contribution in [-0.4, -0.2) is 52.3 Å². The summed E-state index contributed by atoms with van der Waals surface area (Å²) in [4.78, 5) is 30.9. The lowest BCUT2D eigenvalue weighted by molar-refractivity contribution is -0.753. The number of rotatable bonds is 8. The van der Waals surface area contributed by atoms with Crippen LogP contribution < -0.4 is 15.1 Å². The van der Waals surface area contributed by atoms with Crippen LogP contribution in [0.2, 0.25) is 0 Å². The van der Waals surface area contributed by atoms with Gasteiger partial charge in [-0.05, 0) is 10.9 Å². The van der Waals surface area contributed by atoms with Crippen molar-refractivity contribution in [3.63, 3.8) is 0 Å². The van der Waals surface area contributed by atoms with Gasteiger partial charge in [-0.2, -0.15) is 24.9 Å². The number of aryl methyl sites for hydroxylation is 1. The van der Waals surface area contributed by atoms with Crippen LogP contribution in [0.4, 0.5) is 13.2 Å². The number of hydrogen-bond acceptors (Lipinski definition) is 6. The molecule has 12 heteroatoms. The zero-order valence-electron chi connectivity index (χ0n) is 13.8. The van der Waals surface area contributed by atoms with E-state index in [2.05, 4.69) is 17.3 Å². The number of carbonyl (C=O) groups excluding carboxylic acids is 2. The number of aliphatic carboxylic acids is 2. The molecule has 0 saturated heterocycles. The third-order valence-electron chi connectivity index (χ3n) is 2.56. The van der Waals surface area contributed by atoms with Gasteiger partial charge < -0.3 is 20.3 Å². The second-order valence-corrected chi connectivity index (χ2v) is 5.95. The van der Waals surface area contributed by atoms with E-state index in [-0.39, 0.29) is 12.3 Å². The molecule has 0 bridgehead atoms. The maximum absolute atomic E-state index is 11.7. The van der Waals surface area contributed by atoms with E-state index in [0.717, 1.165) is 11.5 Å². The summed E-state index contributed by atoms with van der Waals surface area (Å²) in [6.07, 6.45) is -2.12. The van der Waals surface area contributed by atoms with Crippen LogP contribution in [0.15, 0.2) is 18.5 Å². The topological polar surface area (TPSA) is 123 Å². The number of alkyl halides is 3. The zero-order valence-corrected chi connectivity index (χ0v) is 14.6. The van der Waals surface area contributed by atoms with Gasteiger partial charge in [-0.3, -0.25) is 9.59 Å². The molecule has 0 radical (unpaired) electrons. The maximum Gasteiger partial charge on any atom is 0.430 e. The lowest BCUT2D eigenvalue weighted by Gasteiger charge is -2.03. The van der Waals surface area contributed by atoms with Crippen LogP contribution in [0.3, 0.4) is 0 Å². The molecule has 146 valence electrons. The van der Waals surface area contributed by atoms with Gasteiger partial charge in [0.1, 0.15) is 18.6 Å². The molecule has 0 aromatic carbocycles. The fourth-order valence-corrected chi connectivity index (χ4v) is 1.88. The Kier molecular flexibility index (Phi) is 11.0. The highest BCUT2D eigenvalue weighted by Crippen LogP contribution is 2.11. The molecular formula is C14H18F3N3O5S. The standard InChI is InChI=1S/C12H17N3O3S.C2HF3O2/c1-2-19-8-5-13-12(18)10-3-6-15(14-9-10)7-4-11(16)17;3-2(4,5)1(6)7/h3,6,9H,2,4-5,7-8H2,1H3,(H-,13,16,17,18);(H,6,7). The molecule has 1 amide bonds. The predicted molar refractivity (Wildman–Crippen MR) is 83.1 cm³/mol. The van der Waals surface area contributed by atoms with E-state index >= 15 is 0 Å². The average molecular weight is 397 g/mol. The maximum atomic E-state index is 11.7. The van der Waals surface area contributed by atoms with Crippen molar-refractivity contribution in [2.75, 3.05) is 18.1 Å². The first-order valence-electron chi connectivity index (χ1n) is 7.29. The van der Waals surface area contributed by atoms with Gasteiger partial charge in [-0.25, -0.2) is 0 Å². The molecule has 8 nitrogen and oxygen atoms in total. The van der Waals surface area contributed by atoms with E-state index in [9.17, 15) is 22.8 Å². The molecule has 0 aliphatic heterocycles. The molecule has 0 aliphatic rings. The van der Waals surface area contributed by atoms with Crippen molar-refractivity contribution in [3.8, 4) is 0 Å². The van der Waals surface area contributed by atoms with Crippen LogP contribution in [0.1, 0.15) is 23.7 Å². The van der Waals surface area contributed by atoms with Crippen molar-refractivity contribution in [1.29, 1.82) is 0 Å². The number of carboxylic acid groups (broad SMARTS) is 2. The van der Waals surface area contributed by atoms with Crippen LogP contribution >= 0.6 is 11.8 Å². The number of nitrogens with one attached hydrogen (secondary N) is 1. The fourth-order valence-electron chi connectivity index (χ4n) is 1.34. The number of nitrogens with zero attached hydrogens (tertiary/aromatic N) is 2. The molecule has 0 aliphatic carbocycles. The Labute approximate surface area is 151 Å². The molecule has 2 N–H and O–H groups in total. The molecule has 26 heavy (non-hydrogen) atoms. The van der Waals surface area contributed by atoms with Crippen LogP contribution in [0.5, 0.6) is 0 Å². The Hall–Kier alpha value is -2.37. The van der Waals surface area contributed by atoms with Gasteiger partial charge in [0.15, 0.2) is 12.7 Å². The lowest BCUT2D eigenvalue weighted by Crippen LogP contribution is -2.39. The molecule has 1 rings (SSSR count). The highest BCUT2D eigenvalue weighted by Gasteiger charge is 2.28. The van der Waals surface area contributed by atoms with Crippen molar-refractivity contribution in [1.82, 2.24) is 10.4 Å². The smallest absolute Gasteiger partial charge is 0.430 e. The van der Waals surface area contributed by atoms with E-state index in [0.29, 0.717) is 18.7 Å². The van der Waals surface area contributed by atoms with E-state index in [1.165, 1.54) is 10.9 Å². The molecule has 1 heterocycles. The van der Waals surface area contributed by atoms with E-state index < -0.39 is 18.1 Å². The Morgan fingerprint density at radius 3 is 2.42 bits per heavy atom. The number of halogens is 3. The van der Waals surface area contributed by atoms with E-state index in [1.807, 2.05) is 0 Å². The normalized spacial score (nSPS) is 10.5. The van der Waals surface area contributed by atoms with Crippen molar-refractivity contribution in [2.45, 2.75) is 26.1 Å². The number of aromatic nitrogens is 2. The summed E-state index contributed by atoms with van der Waals surface area (Å²) in [5.41, 5.74) is 0.480. The Morgan fingerprint density at radius 1 is 1.38 bits per heavy atom. The third-order valence-corrected chi connectivity index (χ3v) is 3.46. The number of amides is 1. The average Bonchev–Trinajstić information content (AvgIpc) is 2.57. The first-order chi connectivity index (χ1) is 12.1. The molecule has 0 unspecified atom stereocenters. The summed E-state index contributed by atoms with van der Waals surface area (Å²) in [6.45, 7) is 3.00. The van der Waals surface area contributed by atoms with Crippen molar-refractivity contribution < 1.29 is 42.4 Å². The highest BCUT2D eigenvalue weighted by atomic mass is 32.2. The Balaban J connectivity index is 0.000000758. The SMILES string of the molecule is CCSCCNC(=O)c1cc[n+](CCC(=O)O)nc1.O=C([O-])C(F)(F)F. The van der Waals surface area contributed by atoms with Crippen LogP contribution in [0, 0.1) is 0 Å². The molecule has 0 fully saturated rings. The quantitative estimate of drug-likeness (QED) is 0.453. The van der Waals surface area contributed by atoms with Crippen molar-refractivity contribution in [3.05, 3.63) is 24.0 Å². The van der Waals surface area contributed by atoms with Crippen LogP contribution in [-0.2, 0) is 16.1 Å². The molecule has 0 saturated carbocycles. The second-order valence-electron chi connectivity index (χ2n) is 4.56. The number of carboxylic acids is 2. The van der Waals surface area contributed by atoms with Crippen molar-refractivity contribution >= 4 is 29.6 Å². The second kappa shape index (κ2) is 12.1. The summed E-state index contributed by atoms with van der Waals surface area (Å²) >= 11 is 1.77. The highest BCUT2D eigenvalue weighted by molar-refractivity contribution is 7.99. The molecule has 0 spiro atoms. The predicted octanol–water partition coefficient (Wildman–Crippen LogP) is -0.375. The summed E-state index contributed by atoms with van der Waals surface area (Å²) < 4.78 is 33.0. The summed E-state index contributed by atoms with van der Waals surface area (Å²) in [5.74, 6) is -2.11. The minimum absolute atomic E-state index is 0.0114. The first-order valence-corrected chi connectivity index (χ1v) is 8.45. The van der Waals surface area contributed by atoms with Gasteiger partial charge in [-0.15, -0.1) is 0 Å². The minimum atomic E-state index is -5.19. The number of thioether (sulfide) groups is 1. The van der Waals surface area contributed by atoms with Gasteiger partial charge in [0.25, 0.3) is 5.91 Å². The molecule has 1 aromatic heterocycles. The van der Waals surface area contributed by atoms with Gasteiger partial charge in [0.05, 0.1) is 5.56 Å². The van der Waals surface area contributed by atoms with Crippen molar-refractivity contribution in [2.24, 2.45) is 0 Å². The van der Waals surface area contributed by atoms with Gasteiger partial charge >= 0.3 is 12.1 Å². The zero-order chi connectivity index (χ0) is 20.2. The summed E-state index contributed by atoms with van der Waals surface area (Å²) in [7, 11) is 0. The molecule has 0 atom stereocenters. The fraction of sp³-hybridized carbons (Fsp3) is 0.500. The minimum Gasteiger partial charge on any atom is -0.542 e. The first kappa shape index (κ1) is 23.6. The van der Waals surface area contributed by atoms with Crippen LogP contribution in [0.25, 0.3) is 0 Å². The molecule has 1 aromatic rings. The van der Waals surface area contributed by atoms with Gasteiger partial charge in [0.2, 0.25) is 0 Å². The third kappa shape index (κ3) is 11.2. The largest absolute Gasteiger partial charge is 0.542 e. The summed E-state index contributed by atoms with van der Waals surface area (Å²) in [6, 6.07) is 1.64. The van der Waals surface area contributed by atoms with E-state index in [1.54, 1.807) is 24.0 Å². The Morgan fingerprint density at radius 2 is 2.00 bits per heavy atom. The van der Waals surface area contributed by atoms with E-state index in [4.69, 9.17) is 15.0 Å². The monoisotopic (exact) mass is 397 g/mol. The lowest BCUT2D eigenvalue weighted by atomic mass is 10.3.